The van der Waals surface area contributed by atoms with E-state index in [1.807, 2.05) is 42.5 Å². The van der Waals surface area contributed by atoms with E-state index in [4.69, 9.17) is 4.18 Å². The van der Waals surface area contributed by atoms with Crippen LogP contribution in [0.25, 0.3) is 22.1 Å². The molecule has 0 fully saturated rings. The van der Waals surface area contributed by atoms with Gasteiger partial charge in [-0.2, -0.15) is 0 Å². The maximum absolute atomic E-state index is 5.03. The van der Waals surface area contributed by atoms with Gasteiger partial charge in [-0.05, 0) is 30.3 Å². The molecule has 0 aliphatic rings. The fraction of sp³-hybridized carbons (Fsp3) is 0.0769. The average Bonchev–Trinajstić information content (AvgIpc) is 2.36. The first kappa shape index (κ1) is 10.5. The Morgan fingerprint density at radius 1 is 0.882 bits per heavy atom. The molecule has 3 aromatic rings. The van der Waals surface area contributed by atoms with Crippen molar-refractivity contribution in [2.24, 2.45) is 0 Å². The van der Waals surface area contributed by atoms with Gasteiger partial charge < -0.3 is 4.18 Å². The molecule has 84 valence electrons. The van der Waals surface area contributed by atoms with Crippen molar-refractivity contribution in [1.29, 1.82) is 0 Å². The van der Waals surface area contributed by atoms with Crippen LogP contribution in [-0.4, -0.2) is 17.1 Å². The third-order valence-electron chi connectivity index (χ3n) is 2.49. The zero-order valence-electron chi connectivity index (χ0n) is 9.25. The van der Waals surface area contributed by atoms with E-state index in [2.05, 4.69) is 9.97 Å². The molecule has 0 aliphatic carbocycles. The molecular formula is C13H10N2OS. The molecule has 1 aromatic heterocycles. The fourth-order valence-corrected chi connectivity index (χ4v) is 2.22. The van der Waals surface area contributed by atoms with Crippen LogP contribution >= 0.6 is 12.0 Å². The minimum absolute atomic E-state index is 0.894. The Balaban J connectivity index is 2.25. The van der Waals surface area contributed by atoms with Gasteiger partial charge in [-0.1, -0.05) is 12.1 Å². The average molecular weight is 242 g/mol. The number of benzene rings is 2. The van der Waals surface area contributed by atoms with E-state index in [1.165, 1.54) is 12.0 Å². The summed E-state index contributed by atoms with van der Waals surface area (Å²) in [7, 11) is 1.65. The highest BCUT2D eigenvalue weighted by atomic mass is 32.2. The van der Waals surface area contributed by atoms with E-state index in [9.17, 15) is 0 Å². The van der Waals surface area contributed by atoms with Crippen molar-refractivity contribution in [1.82, 2.24) is 9.97 Å². The second kappa shape index (κ2) is 4.31. The van der Waals surface area contributed by atoms with Gasteiger partial charge in [-0.15, -0.1) is 0 Å². The van der Waals surface area contributed by atoms with E-state index in [-0.39, 0.29) is 0 Å². The van der Waals surface area contributed by atoms with Gasteiger partial charge in [0.1, 0.15) is 0 Å². The molecule has 0 spiro atoms. The van der Waals surface area contributed by atoms with Crippen LogP contribution in [0.15, 0.2) is 47.4 Å². The van der Waals surface area contributed by atoms with Crippen LogP contribution in [0.4, 0.5) is 0 Å². The van der Waals surface area contributed by atoms with E-state index < -0.39 is 0 Å². The highest BCUT2D eigenvalue weighted by Crippen LogP contribution is 2.23. The minimum Gasteiger partial charge on any atom is -0.314 e. The Morgan fingerprint density at radius 3 is 2.24 bits per heavy atom. The second-order valence-corrected chi connectivity index (χ2v) is 4.58. The molecule has 4 heteroatoms. The monoisotopic (exact) mass is 242 g/mol. The van der Waals surface area contributed by atoms with Gasteiger partial charge in [0, 0.05) is 16.9 Å². The molecule has 0 amide bonds. The number of hydrogen-bond acceptors (Lipinski definition) is 4. The minimum atomic E-state index is 0.894. The van der Waals surface area contributed by atoms with Crippen LogP contribution in [0.1, 0.15) is 0 Å². The molecule has 0 atom stereocenters. The quantitative estimate of drug-likeness (QED) is 0.509. The van der Waals surface area contributed by atoms with Crippen LogP contribution in [0.2, 0.25) is 0 Å². The van der Waals surface area contributed by atoms with E-state index in [0.717, 1.165) is 27.0 Å². The van der Waals surface area contributed by atoms with Crippen LogP contribution in [0.3, 0.4) is 0 Å². The summed E-state index contributed by atoms with van der Waals surface area (Å²) in [6, 6.07) is 13.8. The maximum Gasteiger partial charge on any atom is 0.0906 e. The Hall–Kier alpha value is -1.65. The molecule has 3 rings (SSSR count). The number of rotatable bonds is 2. The van der Waals surface area contributed by atoms with Crippen LogP contribution in [0.5, 0.6) is 0 Å². The molecule has 0 aliphatic heterocycles. The summed E-state index contributed by atoms with van der Waals surface area (Å²) in [5.74, 6) is 0. The summed E-state index contributed by atoms with van der Waals surface area (Å²) in [6.07, 6.45) is 0. The maximum atomic E-state index is 5.03. The molecule has 0 unspecified atom stereocenters. The number of aromatic nitrogens is 2. The summed E-state index contributed by atoms with van der Waals surface area (Å²) in [5, 5.41) is 0. The molecule has 17 heavy (non-hydrogen) atoms. The number of hydrogen-bond donors (Lipinski definition) is 0. The molecule has 0 radical (unpaired) electrons. The van der Waals surface area contributed by atoms with Crippen molar-refractivity contribution in [2.45, 2.75) is 4.90 Å². The van der Waals surface area contributed by atoms with Gasteiger partial charge in [0.15, 0.2) is 0 Å². The lowest BCUT2D eigenvalue weighted by molar-refractivity contribution is 0.490. The largest absolute Gasteiger partial charge is 0.314 e. The highest BCUT2D eigenvalue weighted by Gasteiger charge is 2.02. The zero-order chi connectivity index (χ0) is 11.7. The van der Waals surface area contributed by atoms with E-state index in [0.29, 0.717) is 0 Å². The third-order valence-corrected chi connectivity index (χ3v) is 3.10. The van der Waals surface area contributed by atoms with E-state index >= 15 is 0 Å². The predicted molar refractivity (Wildman–Crippen MR) is 69.9 cm³/mol. The van der Waals surface area contributed by atoms with Crippen molar-refractivity contribution in [2.75, 3.05) is 7.11 Å². The second-order valence-electron chi connectivity index (χ2n) is 3.61. The first-order valence-corrected chi connectivity index (χ1v) is 5.98. The highest BCUT2D eigenvalue weighted by molar-refractivity contribution is 7.94. The molecule has 2 aromatic carbocycles. The standard InChI is InChI=1S/C13H10N2OS/c1-16-17-9-6-7-12-13(8-9)15-11-5-3-2-4-10(11)14-12/h2-8H,1H3. The Kier molecular flexibility index (Phi) is 2.66. The van der Waals surface area contributed by atoms with Gasteiger partial charge in [-0.3, -0.25) is 0 Å². The summed E-state index contributed by atoms with van der Waals surface area (Å²) < 4.78 is 5.03. The zero-order valence-corrected chi connectivity index (χ0v) is 10.1. The van der Waals surface area contributed by atoms with Crippen molar-refractivity contribution < 1.29 is 4.18 Å². The molecule has 0 saturated heterocycles. The third kappa shape index (κ3) is 1.97. The summed E-state index contributed by atoms with van der Waals surface area (Å²) in [5.41, 5.74) is 3.64. The van der Waals surface area contributed by atoms with E-state index in [1.54, 1.807) is 7.11 Å². The first-order valence-electron chi connectivity index (χ1n) is 5.24. The van der Waals surface area contributed by atoms with Crippen molar-refractivity contribution in [3.63, 3.8) is 0 Å². The van der Waals surface area contributed by atoms with Crippen LogP contribution in [0, 0.1) is 0 Å². The van der Waals surface area contributed by atoms with Gasteiger partial charge in [0.2, 0.25) is 0 Å². The lowest BCUT2D eigenvalue weighted by atomic mass is 10.2. The van der Waals surface area contributed by atoms with Crippen molar-refractivity contribution in [3.05, 3.63) is 42.5 Å². The Bertz CT molecular complexity index is 684. The summed E-state index contributed by atoms with van der Waals surface area (Å²) in [4.78, 5) is 10.2. The molecule has 3 nitrogen and oxygen atoms in total. The summed E-state index contributed by atoms with van der Waals surface area (Å²) in [6.45, 7) is 0. The van der Waals surface area contributed by atoms with Gasteiger partial charge >= 0.3 is 0 Å². The van der Waals surface area contributed by atoms with Crippen molar-refractivity contribution in [3.8, 4) is 0 Å². The molecular weight excluding hydrogens is 232 g/mol. The van der Waals surface area contributed by atoms with Crippen LogP contribution < -0.4 is 0 Å². The lowest BCUT2D eigenvalue weighted by Crippen LogP contribution is -1.87. The number of fused-ring (bicyclic) bond motifs is 2. The number of para-hydroxylation sites is 2. The van der Waals surface area contributed by atoms with Crippen LogP contribution in [-0.2, 0) is 4.18 Å². The Morgan fingerprint density at radius 2 is 1.53 bits per heavy atom. The SMILES string of the molecule is COSc1ccc2nc3ccccc3nc2c1. The van der Waals surface area contributed by atoms with Gasteiger partial charge in [0.05, 0.1) is 29.2 Å². The smallest absolute Gasteiger partial charge is 0.0906 e. The predicted octanol–water partition coefficient (Wildman–Crippen LogP) is 3.44. The molecule has 1 heterocycles. The Labute approximate surface area is 103 Å². The summed E-state index contributed by atoms with van der Waals surface area (Å²) >= 11 is 1.33. The molecule has 0 N–H and O–H groups in total. The topological polar surface area (TPSA) is 35.0 Å². The fourth-order valence-electron chi connectivity index (χ4n) is 1.75. The normalized spacial score (nSPS) is 11.1. The van der Waals surface area contributed by atoms with Gasteiger partial charge in [-0.25, -0.2) is 9.97 Å². The molecule has 0 bridgehead atoms. The van der Waals surface area contributed by atoms with Gasteiger partial charge in [0.25, 0.3) is 0 Å². The first-order chi connectivity index (χ1) is 8.36. The number of nitrogens with zero attached hydrogens (tertiary/aromatic N) is 2. The lowest BCUT2D eigenvalue weighted by Gasteiger charge is -2.02. The molecule has 0 saturated carbocycles. The van der Waals surface area contributed by atoms with Crippen molar-refractivity contribution >= 4 is 34.1 Å².